The van der Waals surface area contributed by atoms with Crippen LogP contribution in [0.3, 0.4) is 0 Å². The van der Waals surface area contributed by atoms with Crippen molar-refractivity contribution >= 4 is 39.6 Å². The van der Waals surface area contributed by atoms with E-state index in [1.54, 1.807) is 11.3 Å². The number of aromatic nitrogens is 2. The van der Waals surface area contributed by atoms with Crippen molar-refractivity contribution in [2.24, 2.45) is 0 Å². The summed E-state index contributed by atoms with van der Waals surface area (Å²) in [6.07, 6.45) is 1.22. The fraction of sp³-hybridized carbons (Fsp3) is 0.417. The second kappa shape index (κ2) is 5.16. The molecular weight excluding hydrogens is 268 g/mol. The molecule has 0 radical (unpaired) electrons. The topological polar surface area (TPSA) is 54.9 Å². The van der Waals surface area contributed by atoms with Crippen LogP contribution in [0.25, 0.3) is 10.2 Å². The molecule has 4 nitrogen and oxygen atoms in total. The highest BCUT2D eigenvalue weighted by Gasteiger charge is 2.09. The van der Waals surface area contributed by atoms with E-state index in [0.29, 0.717) is 23.1 Å². The van der Waals surface area contributed by atoms with Crippen molar-refractivity contribution in [1.29, 1.82) is 0 Å². The first kappa shape index (κ1) is 13.2. The molecule has 0 saturated carbocycles. The maximum Gasteiger partial charge on any atom is 0.263 e. The molecule has 0 saturated heterocycles. The Morgan fingerprint density at radius 2 is 2.28 bits per heavy atom. The zero-order chi connectivity index (χ0) is 13.3. The van der Waals surface area contributed by atoms with E-state index in [9.17, 15) is 9.59 Å². The van der Waals surface area contributed by atoms with Gasteiger partial charge in [-0.1, -0.05) is 6.92 Å². The Hall–Kier alpha value is -1.27. The van der Waals surface area contributed by atoms with Crippen LogP contribution in [0.4, 0.5) is 0 Å². The molecule has 0 spiro atoms. The molecule has 6 heteroatoms. The van der Waals surface area contributed by atoms with Gasteiger partial charge < -0.3 is 4.98 Å². The van der Waals surface area contributed by atoms with E-state index < -0.39 is 0 Å². The molecule has 2 aromatic rings. The third-order valence-corrected chi connectivity index (χ3v) is 4.28. The minimum atomic E-state index is -0.106. The number of rotatable bonds is 4. The number of aromatic amines is 1. The quantitative estimate of drug-likeness (QED) is 0.877. The highest BCUT2D eigenvalue weighted by molar-refractivity contribution is 7.71. The fourth-order valence-corrected chi connectivity index (χ4v) is 3.07. The Morgan fingerprint density at radius 3 is 2.89 bits per heavy atom. The van der Waals surface area contributed by atoms with Crippen LogP contribution in [0.5, 0.6) is 0 Å². The third-order valence-electron chi connectivity index (χ3n) is 2.76. The molecule has 0 bridgehead atoms. The van der Waals surface area contributed by atoms with Gasteiger partial charge in [0.25, 0.3) is 5.56 Å². The van der Waals surface area contributed by atoms with E-state index in [1.807, 2.05) is 13.0 Å². The molecule has 96 valence electrons. The molecule has 2 heterocycles. The van der Waals surface area contributed by atoms with E-state index in [4.69, 9.17) is 12.2 Å². The first-order valence-corrected chi connectivity index (χ1v) is 7.00. The van der Waals surface area contributed by atoms with E-state index in [-0.39, 0.29) is 11.3 Å². The second-order valence-corrected chi connectivity index (χ2v) is 5.67. The van der Waals surface area contributed by atoms with Gasteiger partial charge in [-0.05, 0) is 31.6 Å². The average Bonchev–Trinajstić information content (AvgIpc) is 2.71. The number of Topliss-reactive ketones (excluding diaryl/α,β-unsaturated/α-hetero) is 1. The van der Waals surface area contributed by atoms with Gasteiger partial charge in [-0.15, -0.1) is 11.3 Å². The second-order valence-electron chi connectivity index (χ2n) is 4.15. The molecule has 2 aromatic heterocycles. The summed E-state index contributed by atoms with van der Waals surface area (Å²) in [5.74, 6) is 0.0518. The SMILES string of the molecule is CCc1cc2c(=O)n(CCC(C)=O)c(=S)[nH]c2s1. The zero-order valence-corrected chi connectivity index (χ0v) is 11.9. The maximum atomic E-state index is 12.3. The number of fused-ring (bicyclic) bond motifs is 1. The Kier molecular flexibility index (Phi) is 3.77. The predicted octanol–water partition coefficient (Wildman–Crippen LogP) is 2.66. The number of thiophene rings is 1. The first-order valence-electron chi connectivity index (χ1n) is 5.78. The number of carbonyl (C=O) groups excluding carboxylic acids is 1. The van der Waals surface area contributed by atoms with Gasteiger partial charge >= 0.3 is 0 Å². The highest BCUT2D eigenvalue weighted by atomic mass is 32.1. The smallest absolute Gasteiger partial charge is 0.263 e. The van der Waals surface area contributed by atoms with Crippen molar-refractivity contribution in [2.75, 3.05) is 0 Å². The summed E-state index contributed by atoms with van der Waals surface area (Å²) in [5.41, 5.74) is -0.106. The molecule has 1 N–H and O–H groups in total. The van der Waals surface area contributed by atoms with Gasteiger partial charge in [0.1, 0.15) is 10.6 Å². The number of nitrogens with zero attached hydrogens (tertiary/aromatic N) is 1. The summed E-state index contributed by atoms with van der Waals surface area (Å²) >= 11 is 6.72. The molecule has 0 aromatic carbocycles. The van der Waals surface area contributed by atoms with Gasteiger partial charge in [-0.25, -0.2) is 0 Å². The van der Waals surface area contributed by atoms with Crippen molar-refractivity contribution < 1.29 is 4.79 Å². The summed E-state index contributed by atoms with van der Waals surface area (Å²) < 4.78 is 1.85. The number of carbonyl (C=O) groups is 1. The van der Waals surface area contributed by atoms with Gasteiger partial charge in [-0.3, -0.25) is 14.2 Å². The van der Waals surface area contributed by atoms with E-state index >= 15 is 0 Å². The monoisotopic (exact) mass is 282 g/mol. The molecule has 2 rings (SSSR count). The zero-order valence-electron chi connectivity index (χ0n) is 10.3. The lowest BCUT2D eigenvalue weighted by molar-refractivity contribution is -0.117. The highest BCUT2D eigenvalue weighted by Crippen LogP contribution is 2.21. The standard InChI is InChI=1S/C12H14N2O2S2/c1-3-8-6-9-10(18-8)13-12(17)14(11(9)16)5-4-7(2)15/h6H,3-5H2,1-2H3,(H,13,17). The van der Waals surface area contributed by atoms with Crippen LogP contribution >= 0.6 is 23.6 Å². The van der Waals surface area contributed by atoms with Gasteiger partial charge in [0.05, 0.1) is 5.39 Å². The van der Waals surface area contributed by atoms with Crippen LogP contribution in [-0.4, -0.2) is 15.3 Å². The third kappa shape index (κ3) is 2.44. The Labute approximate surface area is 113 Å². The number of nitrogens with one attached hydrogen (secondary N) is 1. The van der Waals surface area contributed by atoms with E-state index in [0.717, 1.165) is 16.1 Å². The number of ketones is 1. The Bertz CT molecular complexity index is 709. The van der Waals surface area contributed by atoms with Crippen LogP contribution in [-0.2, 0) is 17.8 Å². The molecule has 0 aliphatic carbocycles. The van der Waals surface area contributed by atoms with Crippen molar-refractivity contribution in [1.82, 2.24) is 9.55 Å². The summed E-state index contributed by atoms with van der Waals surface area (Å²) in [7, 11) is 0. The molecule has 18 heavy (non-hydrogen) atoms. The summed E-state index contributed by atoms with van der Waals surface area (Å²) in [6, 6.07) is 1.90. The Balaban J connectivity index is 2.57. The molecule has 0 aliphatic heterocycles. The predicted molar refractivity (Wildman–Crippen MR) is 75.9 cm³/mol. The van der Waals surface area contributed by atoms with Crippen LogP contribution in [0.1, 0.15) is 25.1 Å². The van der Waals surface area contributed by atoms with Crippen LogP contribution in [0.2, 0.25) is 0 Å². The minimum Gasteiger partial charge on any atom is -0.323 e. The lowest BCUT2D eigenvalue weighted by Gasteiger charge is -2.04. The van der Waals surface area contributed by atoms with Crippen molar-refractivity contribution in [3.63, 3.8) is 0 Å². The molecule has 0 aliphatic rings. The molecule has 0 atom stereocenters. The lowest BCUT2D eigenvalue weighted by atomic mass is 10.3. The van der Waals surface area contributed by atoms with Crippen molar-refractivity contribution in [3.05, 3.63) is 26.1 Å². The average molecular weight is 282 g/mol. The Morgan fingerprint density at radius 1 is 1.56 bits per heavy atom. The summed E-state index contributed by atoms with van der Waals surface area (Å²) in [6.45, 7) is 3.90. The van der Waals surface area contributed by atoms with Crippen LogP contribution in [0, 0.1) is 4.77 Å². The summed E-state index contributed by atoms with van der Waals surface area (Å²) in [4.78, 5) is 28.3. The molecule has 0 unspecified atom stereocenters. The van der Waals surface area contributed by atoms with Gasteiger partial charge in [0, 0.05) is 17.8 Å². The number of H-pyrrole nitrogens is 1. The fourth-order valence-electron chi connectivity index (χ4n) is 1.74. The first-order chi connectivity index (χ1) is 8.52. The molecule has 0 amide bonds. The number of hydrogen-bond acceptors (Lipinski definition) is 4. The molecular formula is C12H14N2O2S2. The van der Waals surface area contributed by atoms with Crippen LogP contribution in [0.15, 0.2) is 10.9 Å². The van der Waals surface area contributed by atoms with Crippen LogP contribution < -0.4 is 5.56 Å². The number of hydrogen-bond donors (Lipinski definition) is 1. The van der Waals surface area contributed by atoms with Gasteiger partial charge in [0.15, 0.2) is 4.77 Å². The van der Waals surface area contributed by atoms with Gasteiger partial charge in [-0.2, -0.15) is 0 Å². The van der Waals surface area contributed by atoms with E-state index in [1.165, 1.54) is 11.5 Å². The number of aryl methyl sites for hydroxylation is 1. The van der Waals surface area contributed by atoms with E-state index in [2.05, 4.69) is 4.98 Å². The normalized spacial score (nSPS) is 11.0. The lowest BCUT2D eigenvalue weighted by Crippen LogP contribution is -2.22. The molecule has 0 fully saturated rings. The largest absolute Gasteiger partial charge is 0.323 e. The summed E-state index contributed by atoms with van der Waals surface area (Å²) in [5, 5.41) is 0.661. The maximum absolute atomic E-state index is 12.3. The van der Waals surface area contributed by atoms with Crippen molar-refractivity contribution in [2.45, 2.75) is 33.2 Å². The van der Waals surface area contributed by atoms with Gasteiger partial charge in [0.2, 0.25) is 0 Å². The van der Waals surface area contributed by atoms with Crippen molar-refractivity contribution in [3.8, 4) is 0 Å². The minimum absolute atomic E-state index is 0.0518.